The summed E-state index contributed by atoms with van der Waals surface area (Å²) in [6.45, 7) is 0.850. The number of amides is 1. The third-order valence-corrected chi connectivity index (χ3v) is 2.50. The van der Waals surface area contributed by atoms with Gasteiger partial charge >= 0.3 is 5.97 Å². The molecule has 0 spiro atoms. The Morgan fingerprint density at radius 3 is 2.52 bits per heavy atom. The minimum atomic E-state index is -1.07. The van der Waals surface area contributed by atoms with E-state index in [1.54, 1.807) is 6.07 Å². The van der Waals surface area contributed by atoms with Crippen LogP contribution in [0.5, 0.6) is 0 Å². The summed E-state index contributed by atoms with van der Waals surface area (Å²) in [5.74, 6) is -1.43. The topological polar surface area (TPSA) is 94.1 Å². The summed E-state index contributed by atoms with van der Waals surface area (Å²) in [6.07, 6.45) is 0. The molecule has 0 aliphatic rings. The van der Waals surface area contributed by atoms with Crippen LogP contribution in [-0.2, 0) is 25.6 Å². The Bertz CT molecular complexity index is 488. The number of carboxylic acid groups (broad SMARTS) is 1. The van der Waals surface area contributed by atoms with Gasteiger partial charge in [0.15, 0.2) is 0 Å². The Hall–Kier alpha value is -1.96. The summed E-state index contributed by atoms with van der Waals surface area (Å²) in [4.78, 5) is 22.7. The van der Waals surface area contributed by atoms with Gasteiger partial charge in [0.2, 0.25) is 5.91 Å². The van der Waals surface area contributed by atoms with Crippen molar-refractivity contribution >= 4 is 17.6 Å². The summed E-state index contributed by atoms with van der Waals surface area (Å²) >= 11 is 0. The molecule has 1 rings (SSSR count). The van der Waals surface area contributed by atoms with Crippen molar-refractivity contribution < 1.29 is 28.9 Å². The lowest BCUT2D eigenvalue weighted by molar-refractivity contribution is -0.121. The Balaban J connectivity index is 2.68. The van der Waals surface area contributed by atoms with Crippen LogP contribution < -0.4 is 5.32 Å². The normalized spacial score (nSPS) is 10.4. The fourth-order valence-electron chi connectivity index (χ4n) is 1.64. The van der Waals surface area contributed by atoms with E-state index in [0.717, 1.165) is 0 Å². The van der Waals surface area contributed by atoms with Gasteiger partial charge in [-0.25, -0.2) is 4.79 Å². The number of ether oxygens (including phenoxy) is 3. The fourth-order valence-corrected chi connectivity index (χ4v) is 1.64. The summed E-state index contributed by atoms with van der Waals surface area (Å²) in [5.41, 5.74) is 1.13. The minimum Gasteiger partial charge on any atom is -0.478 e. The number of carbonyl (C=O) groups is 2. The van der Waals surface area contributed by atoms with Crippen LogP contribution in [0.2, 0.25) is 0 Å². The first-order valence-corrected chi connectivity index (χ1v) is 6.29. The predicted molar refractivity (Wildman–Crippen MR) is 75.4 cm³/mol. The molecule has 0 aromatic heterocycles. The second kappa shape index (κ2) is 9.06. The number of carbonyl (C=O) groups excluding carboxylic acids is 1. The van der Waals surface area contributed by atoms with Crippen LogP contribution in [0.15, 0.2) is 18.2 Å². The number of benzene rings is 1. The first kappa shape index (κ1) is 17.1. The molecule has 7 nitrogen and oxygen atoms in total. The van der Waals surface area contributed by atoms with Gasteiger partial charge in [0.25, 0.3) is 0 Å². The molecular formula is C14H19NO6. The number of hydrogen-bond donors (Lipinski definition) is 2. The second-order valence-electron chi connectivity index (χ2n) is 4.25. The lowest BCUT2D eigenvalue weighted by Crippen LogP contribution is -2.20. The lowest BCUT2D eigenvalue weighted by Gasteiger charge is -2.09. The van der Waals surface area contributed by atoms with E-state index < -0.39 is 5.97 Å². The van der Waals surface area contributed by atoms with Crippen molar-refractivity contribution in [2.24, 2.45) is 0 Å². The van der Waals surface area contributed by atoms with E-state index in [4.69, 9.17) is 19.3 Å². The summed E-state index contributed by atoms with van der Waals surface area (Å²) in [6, 6.07) is 4.54. The van der Waals surface area contributed by atoms with Gasteiger partial charge in [-0.3, -0.25) is 4.79 Å². The zero-order valence-corrected chi connectivity index (χ0v) is 12.0. The molecule has 0 heterocycles. The standard InChI is InChI=1S/C14H19NO6/c1-19-3-4-21-9-13(16)15-12-6-10(8-20-2)5-11(7-12)14(17)18/h5-7H,3-4,8-9H2,1-2H3,(H,15,16)(H,17,18). The van der Waals surface area contributed by atoms with Gasteiger partial charge in [-0.15, -0.1) is 0 Å². The maximum absolute atomic E-state index is 11.7. The molecule has 0 atom stereocenters. The van der Waals surface area contributed by atoms with Crippen LogP contribution in [0.3, 0.4) is 0 Å². The molecule has 0 fully saturated rings. The molecule has 1 aromatic rings. The number of hydrogen-bond acceptors (Lipinski definition) is 5. The van der Waals surface area contributed by atoms with Crippen molar-refractivity contribution in [3.8, 4) is 0 Å². The van der Waals surface area contributed by atoms with Gasteiger partial charge in [0.05, 0.1) is 25.4 Å². The largest absolute Gasteiger partial charge is 0.478 e. The highest BCUT2D eigenvalue weighted by atomic mass is 16.5. The van der Waals surface area contributed by atoms with Gasteiger partial charge in [-0.05, 0) is 23.8 Å². The highest BCUT2D eigenvalue weighted by Crippen LogP contribution is 2.16. The number of methoxy groups -OCH3 is 2. The van der Waals surface area contributed by atoms with Crippen molar-refractivity contribution in [1.82, 2.24) is 0 Å². The van der Waals surface area contributed by atoms with E-state index in [-0.39, 0.29) is 24.7 Å². The lowest BCUT2D eigenvalue weighted by atomic mass is 10.1. The SMILES string of the molecule is COCCOCC(=O)Nc1cc(COC)cc(C(=O)O)c1. The predicted octanol–water partition coefficient (Wildman–Crippen LogP) is 1.13. The van der Waals surface area contributed by atoms with Crippen LogP contribution in [-0.4, -0.2) is 51.0 Å². The molecule has 0 bridgehead atoms. The van der Waals surface area contributed by atoms with Crippen molar-refractivity contribution in [3.05, 3.63) is 29.3 Å². The molecule has 0 saturated carbocycles. The van der Waals surface area contributed by atoms with Crippen molar-refractivity contribution in [2.75, 3.05) is 39.4 Å². The molecule has 1 amide bonds. The highest BCUT2D eigenvalue weighted by Gasteiger charge is 2.09. The first-order chi connectivity index (χ1) is 10.1. The number of carboxylic acids is 1. The summed E-state index contributed by atoms with van der Waals surface area (Å²) < 4.78 is 14.8. The molecule has 0 aliphatic heterocycles. The summed E-state index contributed by atoms with van der Waals surface area (Å²) in [5, 5.41) is 11.6. The molecule has 2 N–H and O–H groups in total. The number of anilines is 1. The molecule has 0 aliphatic carbocycles. The third kappa shape index (κ3) is 6.35. The van der Waals surface area contributed by atoms with E-state index in [9.17, 15) is 9.59 Å². The molecule has 0 radical (unpaired) electrons. The molecule has 1 aromatic carbocycles. The highest BCUT2D eigenvalue weighted by molar-refractivity contribution is 5.94. The Labute approximate surface area is 122 Å². The number of rotatable bonds is 9. The van der Waals surface area contributed by atoms with Gasteiger partial charge in [0, 0.05) is 19.9 Å². The van der Waals surface area contributed by atoms with Crippen molar-refractivity contribution in [3.63, 3.8) is 0 Å². The molecule has 21 heavy (non-hydrogen) atoms. The van der Waals surface area contributed by atoms with Gasteiger partial charge in [-0.1, -0.05) is 0 Å². The van der Waals surface area contributed by atoms with E-state index in [1.807, 2.05) is 0 Å². The molecule has 7 heteroatoms. The van der Waals surface area contributed by atoms with Gasteiger partial charge in [0.1, 0.15) is 6.61 Å². The van der Waals surface area contributed by atoms with E-state index in [1.165, 1.54) is 26.4 Å². The van der Waals surface area contributed by atoms with Gasteiger partial charge < -0.3 is 24.6 Å². The zero-order valence-electron chi connectivity index (χ0n) is 12.0. The average Bonchev–Trinajstić information content (AvgIpc) is 2.43. The Morgan fingerprint density at radius 2 is 1.90 bits per heavy atom. The van der Waals surface area contributed by atoms with Crippen LogP contribution in [0.25, 0.3) is 0 Å². The number of aromatic carboxylic acids is 1. The monoisotopic (exact) mass is 297 g/mol. The molecular weight excluding hydrogens is 278 g/mol. The quantitative estimate of drug-likeness (QED) is 0.664. The summed E-state index contributed by atoms with van der Waals surface area (Å²) in [7, 11) is 3.05. The Morgan fingerprint density at radius 1 is 1.14 bits per heavy atom. The molecule has 0 saturated heterocycles. The second-order valence-corrected chi connectivity index (χ2v) is 4.25. The Kier molecular flexibility index (Phi) is 7.38. The average molecular weight is 297 g/mol. The molecule has 116 valence electrons. The van der Waals surface area contributed by atoms with Crippen LogP contribution in [0, 0.1) is 0 Å². The third-order valence-electron chi connectivity index (χ3n) is 2.50. The maximum Gasteiger partial charge on any atom is 0.335 e. The number of nitrogens with one attached hydrogen (secondary N) is 1. The minimum absolute atomic E-state index is 0.0835. The van der Waals surface area contributed by atoms with Crippen LogP contribution in [0.1, 0.15) is 15.9 Å². The van der Waals surface area contributed by atoms with Crippen molar-refractivity contribution in [2.45, 2.75) is 6.61 Å². The van der Waals surface area contributed by atoms with Crippen molar-refractivity contribution in [1.29, 1.82) is 0 Å². The smallest absolute Gasteiger partial charge is 0.335 e. The van der Waals surface area contributed by atoms with E-state index in [2.05, 4.69) is 5.32 Å². The van der Waals surface area contributed by atoms with Gasteiger partial charge in [-0.2, -0.15) is 0 Å². The van der Waals surface area contributed by atoms with E-state index in [0.29, 0.717) is 24.5 Å². The van der Waals surface area contributed by atoms with Crippen LogP contribution >= 0.6 is 0 Å². The fraction of sp³-hybridized carbons (Fsp3) is 0.429. The van der Waals surface area contributed by atoms with Crippen LogP contribution in [0.4, 0.5) is 5.69 Å². The first-order valence-electron chi connectivity index (χ1n) is 6.29. The maximum atomic E-state index is 11.7. The zero-order chi connectivity index (χ0) is 15.7. The molecule has 0 unspecified atom stereocenters. The van der Waals surface area contributed by atoms with E-state index >= 15 is 0 Å².